The average Bonchev–Trinajstić information content (AvgIpc) is 2.85. The third kappa shape index (κ3) is 4.35. The van der Waals surface area contributed by atoms with Gasteiger partial charge in [-0.1, -0.05) is 12.1 Å². The van der Waals surface area contributed by atoms with Crippen LogP contribution in [0.3, 0.4) is 0 Å². The van der Waals surface area contributed by atoms with Gasteiger partial charge in [-0.15, -0.1) is 0 Å². The van der Waals surface area contributed by atoms with Crippen LogP contribution >= 0.6 is 0 Å². The summed E-state index contributed by atoms with van der Waals surface area (Å²) in [6.07, 6.45) is 1.07. The molecule has 0 unspecified atom stereocenters. The fourth-order valence-electron chi connectivity index (χ4n) is 2.25. The SMILES string of the molecule is CCOc1cccc(CNC(=O)c2c(C)coc2CC(=O)O)c1. The van der Waals surface area contributed by atoms with Crippen LogP contribution < -0.4 is 10.1 Å². The molecule has 2 rings (SSSR count). The van der Waals surface area contributed by atoms with Crippen molar-refractivity contribution in [1.29, 1.82) is 0 Å². The maximum Gasteiger partial charge on any atom is 0.311 e. The van der Waals surface area contributed by atoms with Crippen molar-refractivity contribution in [3.63, 3.8) is 0 Å². The van der Waals surface area contributed by atoms with Gasteiger partial charge >= 0.3 is 5.97 Å². The number of furan rings is 1. The Hall–Kier alpha value is -2.76. The Kier molecular flexibility index (Phi) is 5.41. The highest BCUT2D eigenvalue weighted by Gasteiger charge is 2.20. The van der Waals surface area contributed by atoms with Crippen LogP contribution in [0, 0.1) is 6.92 Å². The van der Waals surface area contributed by atoms with Gasteiger partial charge in [0.25, 0.3) is 5.91 Å². The van der Waals surface area contributed by atoms with Crippen LogP contribution in [0.2, 0.25) is 0 Å². The summed E-state index contributed by atoms with van der Waals surface area (Å²) in [6, 6.07) is 7.43. The van der Waals surface area contributed by atoms with Crippen molar-refractivity contribution < 1.29 is 23.8 Å². The largest absolute Gasteiger partial charge is 0.494 e. The van der Waals surface area contributed by atoms with Crippen molar-refractivity contribution in [2.24, 2.45) is 0 Å². The van der Waals surface area contributed by atoms with E-state index >= 15 is 0 Å². The fourth-order valence-corrected chi connectivity index (χ4v) is 2.25. The molecule has 0 aliphatic rings. The molecular formula is C17H19NO5. The average molecular weight is 317 g/mol. The van der Waals surface area contributed by atoms with Gasteiger partial charge in [0.15, 0.2) is 0 Å². The summed E-state index contributed by atoms with van der Waals surface area (Å²) < 4.78 is 10.6. The van der Waals surface area contributed by atoms with Crippen molar-refractivity contribution in [1.82, 2.24) is 5.32 Å². The minimum atomic E-state index is -1.04. The predicted molar refractivity (Wildman–Crippen MR) is 83.6 cm³/mol. The van der Waals surface area contributed by atoms with Gasteiger partial charge in [0.05, 0.1) is 18.4 Å². The molecule has 0 aliphatic carbocycles. The van der Waals surface area contributed by atoms with Crippen molar-refractivity contribution in [2.75, 3.05) is 6.61 Å². The van der Waals surface area contributed by atoms with Gasteiger partial charge in [-0.05, 0) is 31.5 Å². The highest BCUT2D eigenvalue weighted by Crippen LogP contribution is 2.18. The van der Waals surface area contributed by atoms with Crippen molar-refractivity contribution in [3.8, 4) is 5.75 Å². The third-order valence-corrected chi connectivity index (χ3v) is 3.25. The lowest BCUT2D eigenvalue weighted by atomic mass is 10.1. The molecule has 1 aromatic carbocycles. The molecule has 0 spiro atoms. The summed E-state index contributed by atoms with van der Waals surface area (Å²) in [5, 5.41) is 11.6. The minimum absolute atomic E-state index is 0.163. The number of rotatable bonds is 7. The number of aliphatic carboxylic acids is 1. The fraction of sp³-hybridized carbons (Fsp3) is 0.294. The first kappa shape index (κ1) is 16.6. The molecule has 0 bridgehead atoms. The van der Waals surface area contributed by atoms with Crippen molar-refractivity contribution >= 4 is 11.9 Å². The lowest BCUT2D eigenvalue weighted by Crippen LogP contribution is -2.24. The number of amides is 1. The first-order valence-electron chi connectivity index (χ1n) is 7.30. The number of carboxylic acid groups (broad SMARTS) is 1. The van der Waals surface area contributed by atoms with Gasteiger partial charge in [-0.2, -0.15) is 0 Å². The van der Waals surface area contributed by atoms with Crippen LogP contribution in [0.5, 0.6) is 5.75 Å². The topological polar surface area (TPSA) is 88.8 Å². The third-order valence-electron chi connectivity index (χ3n) is 3.25. The number of benzene rings is 1. The zero-order chi connectivity index (χ0) is 16.8. The second-order valence-corrected chi connectivity index (χ2v) is 5.05. The molecule has 1 amide bonds. The molecule has 0 radical (unpaired) electrons. The molecule has 1 aromatic heterocycles. The summed E-state index contributed by atoms with van der Waals surface area (Å²) >= 11 is 0. The van der Waals surface area contributed by atoms with Crippen LogP contribution in [-0.4, -0.2) is 23.6 Å². The van der Waals surface area contributed by atoms with Gasteiger partial charge in [0, 0.05) is 12.1 Å². The summed E-state index contributed by atoms with van der Waals surface area (Å²) in [4.78, 5) is 23.1. The smallest absolute Gasteiger partial charge is 0.311 e. The van der Waals surface area contributed by atoms with E-state index in [1.807, 2.05) is 31.2 Å². The van der Waals surface area contributed by atoms with E-state index in [0.717, 1.165) is 11.3 Å². The van der Waals surface area contributed by atoms with E-state index in [4.69, 9.17) is 14.3 Å². The lowest BCUT2D eigenvalue weighted by molar-refractivity contribution is -0.136. The second kappa shape index (κ2) is 7.49. The molecule has 6 nitrogen and oxygen atoms in total. The summed E-state index contributed by atoms with van der Waals surface area (Å²) in [5.74, 6) is -0.493. The summed E-state index contributed by atoms with van der Waals surface area (Å²) in [6.45, 7) is 4.50. The summed E-state index contributed by atoms with van der Waals surface area (Å²) in [7, 11) is 0. The Labute approximate surface area is 134 Å². The monoisotopic (exact) mass is 317 g/mol. The van der Waals surface area contributed by atoms with Crippen LogP contribution in [0.1, 0.15) is 34.2 Å². The Morgan fingerprint density at radius 1 is 1.35 bits per heavy atom. The normalized spacial score (nSPS) is 10.3. The van der Waals surface area contributed by atoms with E-state index in [2.05, 4.69) is 5.32 Å². The predicted octanol–water partition coefficient (Wildman–Crippen LogP) is 2.54. The molecule has 2 N–H and O–H groups in total. The van der Waals surface area contributed by atoms with Gasteiger partial charge < -0.3 is 19.6 Å². The Morgan fingerprint density at radius 3 is 2.83 bits per heavy atom. The molecular weight excluding hydrogens is 298 g/mol. The minimum Gasteiger partial charge on any atom is -0.494 e. The van der Waals surface area contributed by atoms with E-state index < -0.39 is 5.97 Å². The molecule has 1 heterocycles. The van der Waals surface area contributed by atoms with Gasteiger partial charge in [-0.3, -0.25) is 9.59 Å². The van der Waals surface area contributed by atoms with Gasteiger partial charge in [-0.25, -0.2) is 0 Å². The number of carbonyl (C=O) groups excluding carboxylic acids is 1. The number of aryl methyl sites for hydroxylation is 1. The molecule has 23 heavy (non-hydrogen) atoms. The zero-order valence-electron chi connectivity index (χ0n) is 13.1. The van der Waals surface area contributed by atoms with Crippen molar-refractivity contribution in [2.45, 2.75) is 26.8 Å². The first-order chi connectivity index (χ1) is 11.0. The molecule has 6 heteroatoms. The number of nitrogens with one attached hydrogen (secondary N) is 1. The number of carboxylic acids is 1. The number of hydrogen-bond donors (Lipinski definition) is 2. The molecule has 2 aromatic rings. The quantitative estimate of drug-likeness (QED) is 0.819. The van der Waals surface area contributed by atoms with Crippen LogP contribution in [0.4, 0.5) is 0 Å². The standard InChI is InChI=1S/C17H19NO5/c1-3-22-13-6-4-5-12(7-13)9-18-17(21)16-11(2)10-23-14(16)8-15(19)20/h4-7,10H,3,8-9H2,1-2H3,(H,18,21)(H,19,20). The number of carbonyl (C=O) groups is 2. The molecule has 0 fully saturated rings. The number of ether oxygens (including phenoxy) is 1. The van der Waals surface area contributed by atoms with E-state index in [1.165, 1.54) is 6.26 Å². The van der Waals surface area contributed by atoms with E-state index in [-0.39, 0.29) is 23.7 Å². The molecule has 0 saturated heterocycles. The molecule has 0 atom stereocenters. The highest BCUT2D eigenvalue weighted by molar-refractivity contribution is 5.97. The maximum atomic E-state index is 12.3. The lowest BCUT2D eigenvalue weighted by Gasteiger charge is -2.08. The summed E-state index contributed by atoms with van der Waals surface area (Å²) in [5.41, 5.74) is 1.79. The van der Waals surface area contributed by atoms with Gasteiger partial charge in [0.1, 0.15) is 17.9 Å². The van der Waals surface area contributed by atoms with E-state index in [0.29, 0.717) is 18.7 Å². The van der Waals surface area contributed by atoms with E-state index in [9.17, 15) is 9.59 Å². The molecule has 0 saturated carbocycles. The van der Waals surface area contributed by atoms with Gasteiger partial charge in [0.2, 0.25) is 0 Å². The zero-order valence-corrected chi connectivity index (χ0v) is 13.1. The Balaban J connectivity index is 2.06. The van der Waals surface area contributed by atoms with Crippen LogP contribution in [-0.2, 0) is 17.8 Å². The Bertz CT molecular complexity index is 705. The Morgan fingerprint density at radius 2 is 2.13 bits per heavy atom. The van der Waals surface area contributed by atoms with Crippen LogP contribution in [0.25, 0.3) is 0 Å². The maximum absolute atomic E-state index is 12.3. The van der Waals surface area contributed by atoms with Crippen LogP contribution in [0.15, 0.2) is 34.9 Å². The highest BCUT2D eigenvalue weighted by atomic mass is 16.5. The first-order valence-corrected chi connectivity index (χ1v) is 7.30. The molecule has 0 aliphatic heterocycles. The second-order valence-electron chi connectivity index (χ2n) is 5.05. The number of hydrogen-bond acceptors (Lipinski definition) is 4. The van der Waals surface area contributed by atoms with Crippen molar-refractivity contribution in [3.05, 3.63) is 53.0 Å². The van der Waals surface area contributed by atoms with E-state index in [1.54, 1.807) is 6.92 Å². The molecule has 122 valence electrons.